The zero-order valence-corrected chi connectivity index (χ0v) is 21.1. The van der Waals surface area contributed by atoms with Crippen LogP contribution in [-0.4, -0.2) is 47.9 Å². The zero-order valence-electron chi connectivity index (χ0n) is 19.4. The molecule has 2 aromatic rings. The van der Waals surface area contributed by atoms with Gasteiger partial charge in [-0.25, -0.2) is 17.9 Å². The van der Waals surface area contributed by atoms with Crippen LogP contribution in [0.15, 0.2) is 52.6 Å². The Morgan fingerprint density at radius 3 is 2.61 bits per heavy atom. The summed E-state index contributed by atoms with van der Waals surface area (Å²) in [5, 5.41) is 4.55. The first-order valence-corrected chi connectivity index (χ1v) is 14.6. The number of carbonyl (C=O) groups excluding carboxylic acids is 1. The van der Waals surface area contributed by atoms with Crippen LogP contribution >= 0.6 is 7.37 Å². The fourth-order valence-electron chi connectivity index (χ4n) is 4.28. The smallest absolute Gasteiger partial charge is 0.337 e. The summed E-state index contributed by atoms with van der Waals surface area (Å²) in [6.07, 6.45) is 1.90. The molecule has 10 heteroatoms. The van der Waals surface area contributed by atoms with Gasteiger partial charge in [0.1, 0.15) is 5.76 Å². The van der Waals surface area contributed by atoms with E-state index in [1.165, 1.54) is 7.11 Å². The molecule has 1 heterocycles. The molecule has 2 unspecified atom stereocenters. The van der Waals surface area contributed by atoms with Gasteiger partial charge in [-0.3, -0.25) is 4.57 Å². The van der Waals surface area contributed by atoms with Gasteiger partial charge in [0.05, 0.1) is 17.6 Å². The van der Waals surface area contributed by atoms with E-state index in [0.29, 0.717) is 42.1 Å². The van der Waals surface area contributed by atoms with Crippen molar-refractivity contribution >= 4 is 39.8 Å². The van der Waals surface area contributed by atoms with Crippen LogP contribution in [-0.2, 0) is 28.6 Å². The van der Waals surface area contributed by atoms with Crippen LogP contribution in [0.4, 0.5) is 5.69 Å². The fraction of sp³-hybridized carbons (Fsp3) is 0.435. The van der Waals surface area contributed by atoms with E-state index in [4.69, 9.17) is 9.26 Å². The molecule has 0 spiro atoms. The van der Waals surface area contributed by atoms with E-state index in [-0.39, 0.29) is 17.4 Å². The normalized spacial score (nSPS) is 21.4. The van der Waals surface area contributed by atoms with Crippen molar-refractivity contribution in [2.75, 3.05) is 38.8 Å². The molecule has 0 saturated carbocycles. The Morgan fingerprint density at radius 2 is 1.91 bits per heavy atom. The van der Waals surface area contributed by atoms with Crippen LogP contribution < -0.4 is 10.0 Å². The summed E-state index contributed by atoms with van der Waals surface area (Å²) < 4.78 is 51.8. The number of sulfonamides is 1. The third-order valence-corrected chi connectivity index (χ3v) is 9.12. The van der Waals surface area contributed by atoms with Gasteiger partial charge in [-0.2, -0.15) is 0 Å². The van der Waals surface area contributed by atoms with E-state index in [1.807, 2.05) is 18.2 Å². The van der Waals surface area contributed by atoms with E-state index in [9.17, 15) is 17.8 Å². The fourth-order valence-corrected chi connectivity index (χ4v) is 7.13. The standard InChI is InChI=1S/C23H31N2O6PS/c1-16-22(23(26)30-3)17(13-15-32(4,27)31-16)8-7-14-25-33(28,29)21-12-6-9-18-19(21)10-5-11-20(18)24-2/h5-6,9-12,17,24-25H,7-8,13-15H2,1-4H3. The lowest BCUT2D eigenvalue weighted by Crippen LogP contribution is -2.26. The quantitative estimate of drug-likeness (QED) is 0.319. The summed E-state index contributed by atoms with van der Waals surface area (Å²) in [5.41, 5.74) is 1.24. The van der Waals surface area contributed by atoms with Gasteiger partial charge in [-0.1, -0.05) is 24.3 Å². The summed E-state index contributed by atoms with van der Waals surface area (Å²) in [6, 6.07) is 10.7. The number of benzene rings is 2. The molecule has 8 nitrogen and oxygen atoms in total. The first-order valence-electron chi connectivity index (χ1n) is 10.8. The molecular weight excluding hydrogens is 463 g/mol. The van der Waals surface area contributed by atoms with Crippen LogP contribution in [0.1, 0.15) is 26.2 Å². The highest BCUT2D eigenvalue weighted by Crippen LogP contribution is 2.50. The van der Waals surface area contributed by atoms with Gasteiger partial charge in [-0.15, -0.1) is 0 Å². The zero-order chi connectivity index (χ0) is 24.2. The number of esters is 1. The van der Waals surface area contributed by atoms with E-state index < -0.39 is 23.4 Å². The second kappa shape index (κ2) is 10.3. The molecule has 0 radical (unpaired) electrons. The van der Waals surface area contributed by atoms with Crippen molar-refractivity contribution in [2.24, 2.45) is 5.92 Å². The maximum absolute atomic E-state index is 13.0. The van der Waals surface area contributed by atoms with Gasteiger partial charge in [0, 0.05) is 42.9 Å². The van der Waals surface area contributed by atoms with Gasteiger partial charge in [0.25, 0.3) is 0 Å². The van der Waals surface area contributed by atoms with Crippen molar-refractivity contribution in [3.8, 4) is 0 Å². The molecule has 1 aliphatic heterocycles. The predicted octanol–water partition coefficient (Wildman–Crippen LogP) is 4.33. The summed E-state index contributed by atoms with van der Waals surface area (Å²) in [5.74, 6) is -0.392. The average Bonchev–Trinajstić information content (AvgIpc) is 2.89. The molecule has 2 aromatic carbocycles. The summed E-state index contributed by atoms with van der Waals surface area (Å²) in [7, 11) is -3.47. The van der Waals surface area contributed by atoms with Crippen LogP contribution in [0.5, 0.6) is 0 Å². The van der Waals surface area contributed by atoms with E-state index in [1.54, 1.807) is 38.8 Å². The number of carbonyl (C=O) groups is 1. The Morgan fingerprint density at radius 1 is 1.21 bits per heavy atom. The van der Waals surface area contributed by atoms with E-state index in [0.717, 1.165) is 11.1 Å². The lowest BCUT2D eigenvalue weighted by Gasteiger charge is -2.17. The first kappa shape index (κ1) is 25.3. The Balaban J connectivity index is 1.72. The average molecular weight is 495 g/mol. The van der Waals surface area contributed by atoms with Crippen molar-refractivity contribution in [2.45, 2.75) is 31.1 Å². The third-order valence-electron chi connectivity index (χ3n) is 5.87. The minimum absolute atomic E-state index is 0.207. The Kier molecular flexibility index (Phi) is 7.88. The maximum atomic E-state index is 13.0. The van der Waals surface area contributed by atoms with Crippen LogP contribution in [0.2, 0.25) is 0 Å². The molecule has 180 valence electrons. The van der Waals surface area contributed by atoms with Gasteiger partial charge in [0.15, 0.2) is 0 Å². The third kappa shape index (κ3) is 5.78. The molecule has 3 rings (SSSR count). The topological polar surface area (TPSA) is 111 Å². The molecule has 0 aromatic heterocycles. The van der Waals surface area contributed by atoms with Crippen LogP contribution in [0, 0.1) is 5.92 Å². The number of hydrogen-bond acceptors (Lipinski definition) is 7. The van der Waals surface area contributed by atoms with Gasteiger partial charge < -0.3 is 14.6 Å². The first-order chi connectivity index (χ1) is 15.6. The number of nitrogens with one attached hydrogen (secondary N) is 2. The number of anilines is 1. The number of hydrogen-bond donors (Lipinski definition) is 2. The van der Waals surface area contributed by atoms with Crippen molar-refractivity contribution in [1.82, 2.24) is 4.72 Å². The Labute approximate surface area is 195 Å². The van der Waals surface area contributed by atoms with Crippen molar-refractivity contribution < 1.29 is 27.0 Å². The van der Waals surface area contributed by atoms with Gasteiger partial charge in [-0.05, 0) is 44.2 Å². The Hall–Kier alpha value is -2.35. The van der Waals surface area contributed by atoms with Crippen LogP contribution in [0.25, 0.3) is 10.8 Å². The van der Waals surface area contributed by atoms with Crippen molar-refractivity contribution in [1.29, 1.82) is 0 Å². The molecule has 2 N–H and O–H groups in total. The van der Waals surface area contributed by atoms with Crippen molar-refractivity contribution in [3.63, 3.8) is 0 Å². The molecule has 33 heavy (non-hydrogen) atoms. The SMILES string of the molecule is CNc1cccc2c(S(=O)(=O)NCCCC3CCP(C)(=O)OC(C)=C3C(=O)OC)cccc12. The second-order valence-electron chi connectivity index (χ2n) is 8.22. The number of ether oxygens (including phenoxy) is 1. The number of fused-ring (bicyclic) bond motifs is 1. The second-order valence-corrected chi connectivity index (χ2v) is 12.6. The lowest BCUT2D eigenvalue weighted by molar-refractivity contribution is -0.137. The summed E-state index contributed by atoms with van der Waals surface area (Å²) in [6.45, 7) is 3.40. The minimum atomic E-state index is -3.74. The largest absolute Gasteiger partial charge is 0.466 e. The molecule has 0 bridgehead atoms. The van der Waals surface area contributed by atoms with E-state index in [2.05, 4.69) is 10.0 Å². The molecule has 0 fully saturated rings. The summed E-state index contributed by atoms with van der Waals surface area (Å²) in [4.78, 5) is 12.6. The molecule has 0 amide bonds. The molecular formula is C23H31N2O6PS. The monoisotopic (exact) mass is 494 g/mol. The predicted molar refractivity (Wildman–Crippen MR) is 130 cm³/mol. The highest BCUT2D eigenvalue weighted by atomic mass is 32.2. The number of methoxy groups -OCH3 is 1. The van der Waals surface area contributed by atoms with Crippen molar-refractivity contribution in [3.05, 3.63) is 47.7 Å². The van der Waals surface area contributed by atoms with Gasteiger partial charge in [0.2, 0.25) is 17.4 Å². The molecule has 2 atom stereocenters. The van der Waals surface area contributed by atoms with Gasteiger partial charge >= 0.3 is 5.97 Å². The summed E-state index contributed by atoms with van der Waals surface area (Å²) >= 11 is 0. The highest BCUT2D eigenvalue weighted by Gasteiger charge is 2.33. The highest BCUT2D eigenvalue weighted by molar-refractivity contribution is 7.89. The Bertz CT molecular complexity index is 1220. The lowest BCUT2D eigenvalue weighted by atomic mass is 9.90. The van der Waals surface area contributed by atoms with E-state index >= 15 is 0 Å². The minimum Gasteiger partial charge on any atom is -0.466 e. The molecule has 0 saturated heterocycles. The maximum Gasteiger partial charge on any atom is 0.337 e. The number of rotatable bonds is 8. The number of allylic oxidation sites excluding steroid dienone is 1. The van der Waals surface area contributed by atoms with Crippen LogP contribution in [0.3, 0.4) is 0 Å². The molecule has 0 aliphatic carbocycles. The molecule has 1 aliphatic rings.